The summed E-state index contributed by atoms with van der Waals surface area (Å²) in [5.41, 5.74) is 1.07. The summed E-state index contributed by atoms with van der Waals surface area (Å²) in [7, 11) is 3.02. The van der Waals surface area contributed by atoms with Crippen LogP contribution in [0.2, 0.25) is 0 Å². The van der Waals surface area contributed by atoms with E-state index in [1.165, 1.54) is 21.1 Å². The first-order valence-electron chi connectivity index (χ1n) is 9.46. The Morgan fingerprint density at radius 2 is 1.81 bits per heavy atom. The highest BCUT2D eigenvalue weighted by Crippen LogP contribution is 2.31. The van der Waals surface area contributed by atoms with Gasteiger partial charge in [-0.3, -0.25) is 19.3 Å². The van der Waals surface area contributed by atoms with Gasteiger partial charge in [0.2, 0.25) is 0 Å². The van der Waals surface area contributed by atoms with E-state index in [4.69, 9.17) is 18.9 Å². The third kappa shape index (κ3) is 5.71. The van der Waals surface area contributed by atoms with Crippen molar-refractivity contribution < 1.29 is 33.3 Å². The smallest absolute Gasteiger partial charge is 0.302 e. The molecule has 1 aliphatic heterocycles. The molecule has 0 N–H and O–H groups in total. The Bertz CT molecular complexity index is 973. The minimum absolute atomic E-state index is 0.0418. The normalized spacial score (nSPS) is 15.2. The van der Waals surface area contributed by atoms with E-state index in [-0.39, 0.29) is 37.5 Å². The molecule has 0 fully saturated rings. The summed E-state index contributed by atoms with van der Waals surface area (Å²) < 4.78 is 20.6. The lowest BCUT2D eigenvalue weighted by atomic mass is 9.93. The molecule has 2 rings (SSSR count). The van der Waals surface area contributed by atoms with Crippen molar-refractivity contribution in [2.75, 3.05) is 40.6 Å². The average Bonchev–Trinajstić information content (AvgIpc) is 2.75. The fraction of sp³-hybridized carbons (Fsp3) is 0.364. The van der Waals surface area contributed by atoms with Crippen molar-refractivity contribution in [2.45, 2.75) is 13.8 Å². The number of ether oxygens (including phenoxy) is 4. The lowest BCUT2D eigenvalue weighted by molar-refractivity contribution is -0.142. The van der Waals surface area contributed by atoms with Crippen LogP contribution in [0.15, 0.2) is 34.9 Å². The number of benzene rings is 1. The number of carbonyl (C=O) groups is 3. The molecule has 1 aliphatic rings. The van der Waals surface area contributed by atoms with E-state index in [0.717, 1.165) is 4.90 Å². The molecule has 0 spiro atoms. The highest BCUT2D eigenvalue weighted by atomic mass is 16.6. The van der Waals surface area contributed by atoms with Crippen molar-refractivity contribution in [2.24, 2.45) is 0 Å². The summed E-state index contributed by atoms with van der Waals surface area (Å²) in [6.45, 7) is 3.05. The zero-order valence-corrected chi connectivity index (χ0v) is 17.9. The van der Waals surface area contributed by atoms with Crippen molar-refractivity contribution in [3.05, 3.63) is 40.5 Å². The highest BCUT2D eigenvalue weighted by Gasteiger charge is 2.35. The molecular formula is C22H24N2O7. The maximum Gasteiger partial charge on any atom is 0.302 e. The fourth-order valence-electron chi connectivity index (χ4n) is 2.94. The van der Waals surface area contributed by atoms with Crippen LogP contribution in [0.4, 0.5) is 0 Å². The molecule has 2 amide bonds. The minimum atomic E-state index is -0.668. The van der Waals surface area contributed by atoms with Crippen molar-refractivity contribution in [1.82, 2.24) is 4.90 Å². The molecule has 9 heteroatoms. The monoisotopic (exact) mass is 428 g/mol. The number of amides is 2. The molecule has 1 heterocycles. The zero-order valence-electron chi connectivity index (χ0n) is 17.9. The van der Waals surface area contributed by atoms with Gasteiger partial charge in [-0.25, -0.2) is 0 Å². The van der Waals surface area contributed by atoms with E-state index in [9.17, 15) is 19.6 Å². The molecule has 0 saturated heterocycles. The first-order chi connectivity index (χ1) is 14.8. The lowest BCUT2D eigenvalue weighted by Crippen LogP contribution is -2.44. The molecular weight excluding hydrogens is 404 g/mol. The largest absolute Gasteiger partial charge is 0.493 e. The number of carbonyl (C=O) groups excluding carboxylic acids is 3. The van der Waals surface area contributed by atoms with Crippen LogP contribution in [-0.2, 0) is 23.9 Å². The molecule has 1 aromatic carbocycles. The molecule has 0 aromatic heterocycles. The minimum Gasteiger partial charge on any atom is -0.493 e. The zero-order chi connectivity index (χ0) is 23.0. The number of hydrogen-bond acceptors (Lipinski definition) is 8. The summed E-state index contributed by atoms with van der Waals surface area (Å²) in [5.74, 6) is -0.601. The lowest BCUT2D eigenvalue weighted by Gasteiger charge is -2.27. The summed E-state index contributed by atoms with van der Waals surface area (Å²) in [6.07, 6.45) is 1.60. The van der Waals surface area contributed by atoms with Gasteiger partial charge in [-0.1, -0.05) is 6.07 Å². The van der Waals surface area contributed by atoms with Crippen molar-refractivity contribution in [3.8, 4) is 17.6 Å². The maximum absolute atomic E-state index is 13.0. The molecule has 164 valence electrons. The SMILES string of the molecule is COc1ccc(/C=C2/C(=O)N(CCOCCOC(C)=O)C(=O)C(C#N)=C2C)cc1OC. The van der Waals surface area contributed by atoms with Crippen molar-refractivity contribution in [1.29, 1.82) is 5.26 Å². The molecule has 0 bridgehead atoms. The number of nitriles is 1. The second-order valence-corrected chi connectivity index (χ2v) is 6.50. The van der Waals surface area contributed by atoms with E-state index in [2.05, 4.69) is 0 Å². The maximum atomic E-state index is 13.0. The van der Waals surface area contributed by atoms with Gasteiger partial charge < -0.3 is 18.9 Å². The topological polar surface area (TPSA) is 115 Å². The van der Waals surface area contributed by atoms with Gasteiger partial charge in [0.1, 0.15) is 18.2 Å². The molecule has 0 saturated carbocycles. The van der Waals surface area contributed by atoms with Crippen molar-refractivity contribution in [3.63, 3.8) is 0 Å². The van der Waals surface area contributed by atoms with Crippen LogP contribution >= 0.6 is 0 Å². The van der Waals surface area contributed by atoms with Crippen LogP contribution in [0.5, 0.6) is 11.5 Å². The number of imide groups is 1. The Balaban J connectivity index is 2.25. The van der Waals surface area contributed by atoms with E-state index in [1.807, 2.05) is 6.07 Å². The quantitative estimate of drug-likeness (QED) is 0.253. The van der Waals surface area contributed by atoms with Gasteiger partial charge in [-0.2, -0.15) is 5.26 Å². The second kappa shape index (κ2) is 10.9. The van der Waals surface area contributed by atoms with Crippen molar-refractivity contribution >= 4 is 23.9 Å². The third-order valence-electron chi connectivity index (χ3n) is 4.54. The molecule has 0 aliphatic carbocycles. The molecule has 0 radical (unpaired) electrons. The summed E-state index contributed by atoms with van der Waals surface area (Å²) in [4.78, 5) is 37.3. The number of rotatable bonds is 9. The molecule has 31 heavy (non-hydrogen) atoms. The molecule has 1 aromatic rings. The van der Waals surface area contributed by atoms with E-state index < -0.39 is 17.8 Å². The fourth-order valence-corrected chi connectivity index (χ4v) is 2.94. The average molecular weight is 428 g/mol. The Morgan fingerprint density at radius 1 is 1.10 bits per heavy atom. The van der Waals surface area contributed by atoms with Crippen LogP contribution in [0.25, 0.3) is 6.08 Å². The van der Waals surface area contributed by atoms with E-state index in [0.29, 0.717) is 22.6 Å². The van der Waals surface area contributed by atoms with Gasteiger partial charge in [0.05, 0.1) is 34.0 Å². The summed E-state index contributed by atoms with van der Waals surface area (Å²) >= 11 is 0. The Morgan fingerprint density at radius 3 is 2.42 bits per heavy atom. The third-order valence-corrected chi connectivity index (χ3v) is 4.54. The number of hydrogen-bond donors (Lipinski definition) is 0. The van der Waals surface area contributed by atoms with Crippen LogP contribution < -0.4 is 9.47 Å². The molecule has 0 atom stereocenters. The first kappa shape index (κ1) is 23.6. The Hall–Kier alpha value is -3.64. The van der Waals surface area contributed by atoms with Crippen LogP contribution in [0, 0.1) is 11.3 Å². The van der Waals surface area contributed by atoms with Gasteiger partial charge in [0.25, 0.3) is 11.8 Å². The summed E-state index contributed by atoms with van der Waals surface area (Å²) in [6, 6.07) is 7.01. The molecule has 0 unspecified atom stereocenters. The number of methoxy groups -OCH3 is 2. The summed E-state index contributed by atoms with van der Waals surface area (Å²) in [5, 5.41) is 9.45. The standard InChI is InChI=1S/C22H24N2O7/c1-14-17(11-16-5-6-19(28-3)20(12-16)29-4)21(26)24(22(27)18(14)13-23)7-8-30-9-10-31-15(2)25/h5-6,11-12H,7-10H2,1-4H3/b17-11+. The van der Waals surface area contributed by atoms with Crippen LogP contribution in [-0.4, -0.2) is 63.3 Å². The van der Waals surface area contributed by atoms with Gasteiger partial charge in [0, 0.05) is 12.5 Å². The predicted molar refractivity (Wildman–Crippen MR) is 110 cm³/mol. The van der Waals surface area contributed by atoms with Gasteiger partial charge in [0.15, 0.2) is 11.5 Å². The molecule has 9 nitrogen and oxygen atoms in total. The predicted octanol–water partition coefficient (Wildman–Crippen LogP) is 1.88. The van der Waals surface area contributed by atoms with Gasteiger partial charge >= 0.3 is 5.97 Å². The van der Waals surface area contributed by atoms with E-state index >= 15 is 0 Å². The van der Waals surface area contributed by atoms with Crippen LogP contribution in [0.3, 0.4) is 0 Å². The highest BCUT2D eigenvalue weighted by molar-refractivity contribution is 6.19. The number of nitrogens with zero attached hydrogens (tertiary/aromatic N) is 2. The van der Waals surface area contributed by atoms with Gasteiger partial charge in [-0.15, -0.1) is 0 Å². The second-order valence-electron chi connectivity index (χ2n) is 6.50. The van der Waals surface area contributed by atoms with E-state index in [1.54, 1.807) is 31.2 Å². The Labute approximate surface area is 180 Å². The Kier molecular flexibility index (Phi) is 8.34. The number of esters is 1. The van der Waals surface area contributed by atoms with Crippen LogP contribution in [0.1, 0.15) is 19.4 Å². The first-order valence-corrected chi connectivity index (χ1v) is 9.46. The van der Waals surface area contributed by atoms with Gasteiger partial charge in [-0.05, 0) is 36.3 Å².